The Bertz CT molecular complexity index is 1230. The molecule has 1 amide bonds. The third-order valence-electron chi connectivity index (χ3n) is 4.99. The van der Waals surface area contributed by atoms with E-state index in [4.69, 9.17) is 5.73 Å². The summed E-state index contributed by atoms with van der Waals surface area (Å²) in [6.45, 7) is 3.99. The van der Waals surface area contributed by atoms with Gasteiger partial charge in [0, 0.05) is 29.3 Å². The molecule has 29 heavy (non-hydrogen) atoms. The molecule has 0 fully saturated rings. The molecule has 2 aromatic heterocycles. The summed E-state index contributed by atoms with van der Waals surface area (Å²) >= 11 is 0. The lowest BCUT2D eigenvalue weighted by Gasteiger charge is -2.14. The topological polar surface area (TPSA) is 93.8 Å². The van der Waals surface area contributed by atoms with Crippen molar-refractivity contribution in [3.8, 4) is 22.4 Å². The minimum Gasteiger partial charge on any atom is -0.383 e. The number of nitrogens with two attached hydrogens (primary N) is 1. The number of rotatable bonds is 3. The Kier molecular flexibility index (Phi) is 4.68. The van der Waals surface area contributed by atoms with Crippen molar-refractivity contribution in [2.75, 3.05) is 12.8 Å². The van der Waals surface area contributed by atoms with Crippen molar-refractivity contribution in [1.82, 2.24) is 20.3 Å². The normalized spacial score (nSPS) is 10.9. The van der Waals surface area contributed by atoms with Gasteiger partial charge in [-0.15, -0.1) is 0 Å². The zero-order valence-electron chi connectivity index (χ0n) is 16.5. The van der Waals surface area contributed by atoms with Crippen LogP contribution in [0.15, 0.2) is 54.9 Å². The van der Waals surface area contributed by atoms with E-state index in [1.54, 1.807) is 19.4 Å². The molecule has 2 heterocycles. The van der Waals surface area contributed by atoms with Gasteiger partial charge < -0.3 is 11.1 Å². The van der Waals surface area contributed by atoms with E-state index in [9.17, 15) is 4.79 Å². The van der Waals surface area contributed by atoms with Crippen LogP contribution in [0.4, 0.5) is 5.82 Å². The van der Waals surface area contributed by atoms with Gasteiger partial charge in [0.1, 0.15) is 12.1 Å². The van der Waals surface area contributed by atoms with Crippen molar-refractivity contribution < 1.29 is 4.79 Å². The summed E-state index contributed by atoms with van der Waals surface area (Å²) in [7, 11) is 1.58. The number of anilines is 1. The first kappa shape index (κ1) is 18.6. The van der Waals surface area contributed by atoms with Crippen LogP contribution in [0.25, 0.3) is 33.3 Å². The molecule has 0 aliphatic carbocycles. The van der Waals surface area contributed by atoms with Crippen molar-refractivity contribution in [3.63, 3.8) is 0 Å². The maximum absolute atomic E-state index is 12.3. The summed E-state index contributed by atoms with van der Waals surface area (Å²) in [4.78, 5) is 25.6. The molecule has 2 aromatic carbocycles. The first-order valence-electron chi connectivity index (χ1n) is 9.29. The molecule has 0 radical (unpaired) electrons. The number of hydrogen-bond donors (Lipinski definition) is 2. The smallest absolute Gasteiger partial charge is 0.254 e. The van der Waals surface area contributed by atoms with Crippen LogP contribution < -0.4 is 11.1 Å². The molecule has 0 saturated heterocycles. The highest BCUT2D eigenvalue weighted by molar-refractivity contribution is 6.01. The number of aromatic nitrogens is 3. The molecule has 0 unspecified atom stereocenters. The monoisotopic (exact) mass is 383 g/mol. The van der Waals surface area contributed by atoms with Crippen molar-refractivity contribution in [2.45, 2.75) is 13.8 Å². The number of benzene rings is 2. The third kappa shape index (κ3) is 3.40. The van der Waals surface area contributed by atoms with E-state index in [2.05, 4.69) is 20.3 Å². The minimum atomic E-state index is -0.271. The zero-order chi connectivity index (χ0) is 20.5. The van der Waals surface area contributed by atoms with Crippen molar-refractivity contribution in [1.29, 1.82) is 0 Å². The van der Waals surface area contributed by atoms with Gasteiger partial charge in [0.05, 0.1) is 16.8 Å². The quantitative estimate of drug-likeness (QED) is 0.559. The Morgan fingerprint density at radius 1 is 0.966 bits per heavy atom. The van der Waals surface area contributed by atoms with Gasteiger partial charge in [-0.3, -0.25) is 4.79 Å². The molecule has 0 atom stereocenters. The second kappa shape index (κ2) is 7.31. The maximum atomic E-state index is 12.3. The number of fused-ring (bicyclic) bond motifs is 1. The predicted molar refractivity (Wildman–Crippen MR) is 115 cm³/mol. The number of carbonyl (C=O) groups excluding carboxylic acids is 1. The van der Waals surface area contributed by atoms with Crippen LogP contribution >= 0.6 is 0 Å². The molecule has 3 N–H and O–H groups in total. The summed E-state index contributed by atoms with van der Waals surface area (Å²) in [6.07, 6.45) is 1.56. The predicted octanol–water partition coefficient (Wildman–Crippen LogP) is 3.92. The third-order valence-corrected chi connectivity index (χ3v) is 4.99. The Labute approximate surface area is 168 Å². The standard InChI is InChI=1S/C23H21N5O/c1-13-4-6-15(7-5-13)21-18(11-19(22(24)28-21)23(29)25-3)16-8-9-20-17(10-16)14(2)26-12-27-20/h4-12H,1-3H3,(H2,24,28)(H,25,29). The summed E-state index contributed by atoms with van der Waals surface area (Å²) in [6, 6.07) is 15.8. The molecule has 4 rings (SSSR count). The average Bonchev–Trinajstić information content (AvgIpc) is 2.74. The molecular weight excluding hydrogens is 362 g/mol. The SMILES string of the molecule is CNC(=O)c1cc(-c2ccc3ncnc(C)c3c2)c(-c2ccc(C)cc2)nc1N. The Balaban J connectivity index is 2.00. The fraction of sp³-hybridized carbons (Fsp3) is 0.130. The number of aryl methyl sites for hydroxylation is 2. The Hall–Kier alpha value is -3.80. The molecule has 144 valence electrons. The lowest BCUT2D eigenvalue weighted by atomic mass is 9.95. The first-order chi connectivity index (χ1) is 14.0. The van der Waals surface area contributed by atoms with E-state index in [1.165, 1.54) is 0 Å². The fourth-order valence-electron chi connectivity index (χ4n) is 3.35. The van der Waals surface area contributed by atoms with E-state index in [-0.39, 0.29) is 11.7 Å². The number of nitrogens with one attached hydrogen (secondary N) is 1. The van der Waals surface area contributed by atoms with Crippen LogP contribution in [0, 0.1) is 13.8 Å². The molecule has 0 saturated carbocycles. The number of carbonyl (C=O) groups is 1. The minimum absolute atomic E-state index is 0.198. The van der Waals surface area contributed by atoms with Crippen LogP contribution in [0.5, 0.6) is 0 Å². The molecule has 6 nitrogen and oxygen atoms in total. The molecule has 0 aliphatic rings. The summed E-state index contributed by atoms with van der Waals surface area (Å²) < 4.78 is 0. The lowest BCUT2D eigenvalue weighted by Crippen LogP contribution is -2.20. The van der Waals surface area contributed by atoms with Gasteiger partial charge in [-0.2, -0.15) is 0 Å². The number of amides is 1. The Morgan fingerprint density at radius 3 is 2.41 bits per heavy atom. The van der Waals surface area contributed by atoms with E-state index < -0.39 is 0 Å². The number of nitrogens with zero attached hydrogens (tertiary/aromatic N) is 3. The Morgan fingerprint density at radius 2 is 1.69 bits per heavy atom. The van der Waals surface area contributed by atoms with Crippen LogP contribution in [0.3, 0.4) is 0 Å². The molecule has 6 heteroatoms. The fourth-order valence-corrected chi connectivity index (χ4v) is 3.35. The largest absolute Gasteiger partial charge is 0.383 e. The van der Waals surface area contributed by atoms with Gasteiger partial charge >= 0.3 is 0 Å². The number of nitrogen functional groups attached to an aromatic ring is 1. The van der Waals surface area contributed by atoms with E-state index >= 15 is 0 Å². The molecule has 4 aromatic rings. The van der Waals surface area contributed by atoms with Crippen LogP contribution in [0.1, 0.15) is 21.6 Å². The summed E-state index contributed by atoms with van der Waals surface area (Å²) in [5.41, 5.74) is 12.8. The van der Waals surface area contributed by atoms with E-state index in [0.717, 1.165) is 44.5 Å². The lowest BCUT2D eigenvalue weighted by molar-refractivity contribution is 0.0963. The van der Waals surface area contributed by atoms with Crippen LogP contribution in [-0.4, -0.2) is 27.9 Å². The van der Waals surface area contributed by atoms with Gasteiger partial charge in [-0.05, 0) is 37.6 Å². The zero-order valence-corrected chi connectivity index (χ0v) is 16.5. The van der Waals surface area contributed by atoms with Crippen molar-refractivity contribution in [2.24, 2.45) is 0 Å². The van der Waals surface area contributed by atoms with E-state index in [1.807, 2.05) is 56.3 Å². The van der Waals surface area contributed by atoms with Gasteiger partial charge in [0.2, 0.25) is 0 Å². The summed E-state index contributed by atoms with van der Waals surface area (Å²) in [5.74, 6) is -0.0732. The second-order valence-corrected chi connectivity index (χ2v) is 6.95. The van der Waals surface area contributed by atoms with Crippen LogP contribution in [-0.2, 0) is 0 Å². The van der Waals surface area contributed by atoms with Gasteiger partial charge in [0.15, 0.2) is 0 Å². The highest BCUT2D eigenvalue weighted by Gasteiger charge is 2.18. The van der Waals surface area contributed by atoms with Gasteiger partial charge in [-0.1, -0.05) is 35.9 Å². The van der Waals surface area contributed by atoms with Gasteiger partial charge in [-0.25, -0.2) is 15.0 Å². The van der Waals surface area contributed by atoms with Gasteiger partial charge in [0.25, 0.3) is 5.91 Å². The molecule has 0 aliphatic heterocycles. The second-order valence-electron chi connectivity index (χ2n) is 6.95. The number of pyridine rings is 1. The van der Waals surface area contributed by atoms with Crippen LogP contribution in [0.2, 0.25) is 0 Å². The van der Waals surface area contributed by atoms with Crippen molar-refractivity contribution in [3.05, 3.63) is 71.7 Å². The molecule has 0 spiro atoms. The maximum Gasteiger partial charge on any atom is 0.254 e. The average molecular weight is 383 g/mol. The number of hydrogen-bond acceptors (Lipinski definition) is 5. The van der Waals surface area contributed by atoms with Crippen molar-refractivity contribution >= 4 is 22.6 Å². The highest BCUT2D eigenvalue weighted by Crippen LogP contribution is 2.35. The highest BCUT2D eigenvalue weighted by atomic mass is 16.1. The summed E-state index contributed by atoms with van der Waals surface area (Å²) in [5, 5.41) is 3.58. The first-order valence-corrected chi connectivity index (χ1v) is 9.29. The molecule has 0 bridgehead atoms. The van der Waals surface area contributed by atoms with E-state index in [0.29, 0.717) is 5.56 Å². The molecular formula is C23H21N5O.